The van der Waals surface area contributed by atoms with Crippen LogP contribution in [0.5, 0.6) is 5.75 Å². The van der Waals surface area contributed by atoms with E-state index in [9.17, 15) is 4.79 Å². The maximum absolute atomic E-state index is 11.8. The first-order chi connectivity index (χ1) is 10.4. The lowest BCUT2D eigenvalue weighted by molar-refractivity contribution is -0.118. The standard InChI is InChI=1S/C13H13BrClN3O2S2/c1-7(2)21-13-18-17-12(22-13)16-11(19)6-20-10-4-3-8(14)5-9(10)15/h3-5,7H,6H2,1-2H3,(H,16,17,19). The quantitative estimate of drug-likeness (QED) is 0.549. The number of rotatable bonds is 6. The lowest BCUT2D eigenvalue weighted by Crippen LogP contribution is -2.20. The maximum Gasteiger partial charge on any atom is 0.264 e. The first kappa shape index (κ1) is 17.5. The molecule has 9 heteroatoms. The molecule has 2 aromatic rings. The second-order valence-corrected chi connectivity index (χ2v) is 8.58. The number of benzene rings is 1. The third-order valence-electron chi connectivity index (χ3n) is 2.24. The summed E-state index contributed by atoms with van der Waals surface area (Å²) in [5.74, 6) is 0.143. The van der Waals surface area contributed by atoms with Crippen LogP contribution < -0.4 is 10.1 Å². The van der Waals surface area contributed by atoms with Gasteiger partial charge in [-0.3, -0.25) is 10.1 Å². The number of amides is 1. The van der Waals surface area contributed by atoms with Crippen LogP contribution in [-0.4, -0.2) is 28.0 Å². The van der Waals surface area contributed by atoms with E-state index in [1.165, 1.54) is 11.3 Å². The lowest BCUT2D eigenvalue weighted by Gasteiger charge is -2.07. The summed E-state index contributed by atoms with van der Waals surface area (Å²) in [5, 5.41) is 11.9. The zero-order valence-electron chi connectivity index (χ0n) is 11.8. The number of thioether (sulfide) groups is 1. The van der Waals surface area contributed by atoms with Gasteiger partial charge in [0.05, 0.1) is 5.02 Å². The van der Waals surface area contributed by atoms with E-state index in [-0.39, 0.29) is 12.5 Å². The van der Waals surface area contributed by atoms with E-state index in [0.29, 0.717) is 21.2 Å². The van der Waals surface area contributed by atoms with E-state index < -0.39 is 0 Å². The monoisotopic (exact) mass is 421 g/mol. The molecule has 0 spiro atoms. The van der Waals surface area contributed by atoms with Crippen LogP contribution in [-0.2, 0) is 4.79 Å². The van der Waals surface area contributed by atoms with Crippen LogP contribution in [0.25, 0.3) is 0 Å². The van der Waals surface area contributed by atoms with Crippen molar-refractivity contribution in [2.75, 3.05) is 11.9 Å². The smallest absolute Gasteiger partial charge is 0.264 e. The lowest BCUT2D eigenvalue weighted by atomic mass is 10.3. The molecule has 0 aliphatic rings. The SMILES string of the molecule is CC(C)Sc1nnc(NC(=O)COc2ccc(Br)cc2Cl)s1. The van der Waals surface area contributed by atoms with E-state index >= 15 is 0 Å². The fourth-order valence-corrected chi connectivity index (χ4v) is 4.12. The fourth-order valence-electron chi connectivity index (χ4n) is 1.40. The minimum atomic E-state index is -0.309. The highest BCUT2D eigenvalue weighted by atomic mass is 79.9. The molecule has 0 atom stereocenters. The second-order valence-electron chi connectivity index (χ2n) is 4.45. The minimum Gasteiger partial charge on any atom is -0.482 e. The summed E-state index contributed by atoms with van der Waals surface area (Å²) in [4.78, 5) is 11.8. The highest BCUT2D eigenvalue weighted by Gasteiger charge is 2.11. The van der Waals surface area contributed by atoms with Crippen LogP contribution in [0.1, 0.15) is 13.8 Å². The number of nitrogens with zero attached hydrogens (tertiary/aromatic N) is 2. The number of anilines is 1. The molecule has 1 heterocycles. The van der Waals surface area contributed by atoms with Gasteiger partial charge in [-0.25, -0.2) is 0 Å². The Morgan fingerprint density at radius 2 is 2.27 bits per heavy atom. The minimum absolute atomic E-state index is 0.145. The van der Waals surface area contributed by atoms with Gasteiger partial charge >= 0.3 is 0 Å². The number of carbonyl (C=O) groups excluding carboxylic acids is 1. The molecule has 0 saturated heterocycles. The van der Waals surface area contributed by atoms with Crippen molar-refractivity contribution in [2.45, 2.75) is 23.4 Å². The molecule has 1 N–H and O–H groups in total. The van der Waals surface area contributed by atoms with Gasteiger partial charge in [0.15, 0.2) is 10.9 Å². The predicted molar refractivity (Wildman–Crippen MR) is 94.2 cm³/mol. The van der Waals surface area contributed by atoms with Crippen LogP contribution in [0.3, 0.4) is 0 Å². The van der Waals surface area contributed by atoms with Crippen molar-refractivity contribution in [3.63, 3.8) is 0 Å². The normalized spacial score (nSPS) is 10.8. The van der Waals surface area contributed by atoms with Crippen molar-refractivity contribution in [3.05, 3.63) is 27.7 Å². The van der Waals surface area contributed by atoms with Crippen molar-refractivity contribution in [3.8, 4) is 5.75 Å². The van der Waals surface area contributed by atoms with E-state index in [1.807, 2.05) is 0 Å². The van der Waals surface area contributed by atoms with Crippen LogP contribution in [0.2, 0.25) is 5.02 Å². The number of aromatic nitrogens is 2. The first-order valence-corrected chi connectivity index (χ1v) is 9.18. The molecular formula is C13H13BrClN3O2S2. The van der Waals surface area contributed by atoms with E-state index in [4.69, 9.17) is 16.3 Å². The number of carbonyl (C=O) groups is 1. The molecular weight excluding hydrogens is 410 g/mol. The molecule has 2 rings (SSSR count). The molecule has 5 nitrogen and oxygen atoms in total. The summed E-state index contributed by atoms with van der Waals surface area (Å²) < 4.78 is 7.05. The average Bonchev–Trinajstić information content (AvgIpc) is 2.84. The zero-order chi connectivity index (χ0) is 16.1. The Kier molecular flexibility index (Phi) is 6.49. The number of ether oxygens (including phenoxy) is 1. The van der Waals surface area contributed by atoms with Crippen molar-refractivity contribution < 1.29 is 9.53 Å². The molecule has 22 heavy (non-hydrogen) atoms. The molecule has 0 aliphatic heterocycles. The van der Waals surface area contributed by atoms with Crippen molar-refractivity contribution >= 4 is 61.7 Å². The number of halogens is 2. The van der Waals surface area contributed by atoms with Crippen LogP contribution >= 0.6 is 50.6 Å². The van der Waals surface area contributed by atoms with Gasteiger partial charge in [0.1, 0.15) is 5.75 Å². The Morgan fingerprint density at radius 1 is 1.50 bits per heavy atom. The molecule has 0 fully saturated rings. The Morgan fingerprint density at radius 3 is 2.95 bits per heavy atom. The Balaban J connectivity index is 1.86. The summed E-state index contributed by atoms with van der Waals surface area (Å²) in [6.07, 6.45) is 0. The van der Waals surface area contributed by atoms with Crippen LogP contribution in [0.15, 0.2) is 27.0 Å². The Hall–Kier alpha value is -0.830. The maximum atomic E-state index is 11.8. The fraction of sp³-hybridized carbons (Fsp3) is 0.308. The summed E-state index contributed by atoms with van der Waals surface area (Å²) >= 11 is 12.3. The van der Waals surface area contributed by atoms with Gasteiger partial charge in [0.2, 0.25) is 5.13 Å². The van der Waals surface area contributed by atoms with Crippen molar-refractivity contribution in [2.24, 2.45) is 0 Å². The van der Waals surface area contributed by atoms with Gasteiger partial charge in [0.25, 0.3) is 5.91 Å². The highest BCUT2D eigenvalue weighted by molar-refractivity contribution is 9.10. The summed E-state index contributed by atoms with van der Waals surface area (Å²) in [5.41, 5.74) is 0. The van der Waals surface area contributed by atoms with Crippen LogP contribution in [0, 0.1) is 0 Å². The first-order valence-electron chi connectivity index (χ1n) is 6.32. The Labute approximate surface area is 149 Å². The third-order valence-corrected chi connectivity index (χ3v) is 4.96. The molecule has 0 radical (unpaired) electrons. The molecule has 0 saturated carbocycles. The van der Waals surface area contributed by atoms with Crippen molar-refractivity contribution in [1.29, 1.82) is 0 Å². The number of nitrogens with one attached hydrogen (secondary N) is 1. The van der Waals surface area contributed by atoms with E-state index in [0.717, 1.165) is 8.81 Å². The molecule has 1 amide bonds. The molecule has 118 valence electrons. The topological polar surface area (TPSA) is 64.1 Å². The highest BCUT2D eigenvalue weighted by Crippen LogP contribution is 2.29. The van der Waals surface area contributed by atoms with Gasteiger partial charge in [-0.2, -0.15) is 0 Å². The van der Waals surface area contributed by atoms with E-state index in [1.54, 1.807) is 30.0 Å². The zero-order valence-corrected chi connectivity index (χ0v) is 15.8. The molecule has 0 bridgehead atoms. The average molecular weight is 423 g/mol. The summed E-state index contributed by atoms with van der Waals surface area (Å²) in [6, 6.07) is 5.19. The van der Waals surface area contributed by atoms with Crippen molar-refractivity contribution in [1.82, 2.24) is 10.2 Å². The van der Waals surface area contributed by atoms with Gasteiger partial charge < -0.3 is 4.74 Å². The second kappa shape index (κ2) is 8.14. The predicted octanol–water partition coefficient (Wildman–Crippen LogP) is 4.47. The van der Waals surface area contributed by atoms with E-state index in [2.05, 4.69) is 45.3 Å². The largest absolute Gasteiger partial charge is 0.482 e. The van der Waals surface area contributed by atoms with Gasteiger partial charge in [-0.15, -0.1) is 10.2 Å². The van der Waals surface area contributed by atoms with Crippen LogP contribution in [0.4, 0.5) is 5.13 Å². The third kappa shape index (κ3) is 5.42. The number of hydrogen-bond acceptors (Lipinski definition) is 6. The van der Waals surface area contributed by atoms with Gasteiger partial charge in [0, 0.05) is 9.72 Å². The Bertz CT molecular complexity index is 666. The summed E-state index contributed by atoms with van der Waals surface area (Å²) in [6.45, 7) is 3.99. The molecule has 0 unspecified atom stereocenters. The molecule has 1 aromatic carbocycles. The van der Waals surface area contributed by atoms with Gasteiger partial charge in [-0.05, 0) is 18.2 Å². The number of hydrogen-bond donors (Lipinski definition) is 1. The summed E-state index contributed by atoms with van der Waals surface area (Å²) in [7, 11) is 0. The molecule has 0 aliphatic carbocycles. The van der Waals surface area contributed by atoms with Gasteiger partial charge in [-0.1, -0.05) is 64.5 Å². The molecule has 1 aromatic heterocycles.